The van der Waals surface area contributed by atoms with Crippen molar-refractivity contribution in [2.75, 3.05) is 10.6 Å². The smallest absolute Gasteiger partial charge is 0.307 e. The predicted octanol–water partition coefficient (Wildman–Crippen LogP) is 2.51. The lowest BCUT2D eigenvalue weighted by Crippen LogP contribution is -2.49. The van der Waals surface area contributed by atoms with Gasteiger partial charge in [-0.15, -0.1) is 12.8 Å². The molecular weight excluding hydrogens is 448 g/mol. The number of fused-ring (bicyclic) bond motifs is 2. The molecule has 0 heterocycles. The standard InChI is InChI=1S/C27H22N2O6/c1-3-14-5-9-16(10-6-14)28-24(30)20-18-13-19(22(20)26(32)33)23(27(34)35)21(18)25(31)29-17-11-7-15(4-2)8-12-17/h1-2,5-12,18-23H,13H2,(H,28,30)(H,29,31)(H,32,33)(H,34,35). The van der Waals surface area contributed by atoms with E-state index in [0.717, 1.165) is 0 Å². The van der Waals surface area contributed by atoms with Gasteiger partial charge in [-0.1, -0.05) is 11.8 Å². The Morgan fingerprint density at radius 3 is 1.31 bits per heavy atom. The molecule has 4 atom stereocenters. The van der Waals surface area contributed by atoms with Crippen molar-refractivity contribution in [3.63, 3.8) is 0 Å². The number of amides is 2. The first-order chi connectivity index (χ1) is 16.7. The fourth-order valence-electron chi connectivity index (χ4n) is 5.55. The van der Waals surface area contributed by atoms with Crippen molar-refractivity contribution < 1.29 is 29.4 Å². The topological polar surface area (TPSA) is 133 Å². The van der Waals surface area contributed by atoms with E-state index >= 15 is 0 Å². The maximum atomic E-state index is 13.2. The van der Waals surface area contributed by atoms with Gasteiger partial charge in [0.05, 0.1) is 23.7 Å². The van der Waals surface area contributed by atoms with Gasteiger partial charge in [0, 0.05) is 22.5 Å². The van der Waals surface area contributed by atoms with Crippen LogP contribution < -0.4 is 10.6 Å². The Morgan fingerprint density at radius 2 is 1.00 bits per heavy atom. The number of rotatable bonds is 6. The molecular formula is C27H22N2O6. The highest BCUT2D eigenvalue weighted by molar-refractivity contribution is 6.00. The lowest BCUT2D eigenvalue weighted by Gasteiger charge is -2.36. The van der Waals surface area contributed by atoms with E-state index in [-0.39, 0.29) is 6.42 Å². The van der Waals surface area contributed by atoms with E-state index in [2.05, 4.69) is 22.5 Å². The van der Waals surface area contributed by atoms with Gasteiger partial charge in [-0.25, -0.2) is 0 Å². The van der Waals surface area contributed by atoms with Gasteiger partial charge in [-0.3, -0.25) is 19.2 Å². The van der Waals surface area contributed by atoms with Crippen molar-refractivity contribution in [1.82, 2.24) is 0 Å². The molecule has 2 aromatic rings. The van der Waals surface area contributed by atoms with Crippen LogP contribution in [0.1, 0.15) is 17.5 Å². The minimum atomic E-state index is -1.25. The molecule has 8 heteroatoms. The van der Waals surface area contributed by atoms with Gasteiger partial charge >= 0.3 is 11.9 Å². The summed E-state index contributed by atoms with van der Waals surface area (Å²) in [5.41, 5.74) is 2.07. The highest BCUT2D eigenvalue weighted by atomic mass is 16.4. The van der Waals surface area contributed by atoms with Gasteiger partial charge in [0.15, 0.2) is 0 Å². The van der Waals surface area contributed by atoms with Crippen LogP contribution in [-0.4, -0.2) is 34.0 Å². The Hall–Kier alpha value is -4.56. The number of carboxylic acid groups (broad SMARTS) is 2. The first-order valence-electron chi connectivity index (χ1n) is 11.0. The fourth-order valence-corrected chi connectivity index (χ4v) is 5.55. The van der Waals surface area contributed by atoms with E-state index in [4.69, 9.17) is 12.8 Å². The molecule has 2 aromatic carbocycles. The zero-order chi connectivity index (χ0) is 25.3. The number of carboxylic acids is 2. The minimum absolute atomic E-state index is 0.149. The average molecular weight is 470 g/mol. The maximum Gasteiger partial charge on any atom is 0.307 e. The first-order valence-corrected chi connectivity index (χ1v) is 11.0. The summed E-state index contributed by atoms with van der Waals surface area (Å²) in [6, 6.07) is 12.9. The first kappa shape index (κ1) is 23.6. The quantitative estimate of drug-likeness (QED) is 0.480. The molecule has 0 radical (unpaired) electrons. The van der Waals surface area contributed by atoms with E-state index in [1.165, 1.54) is 0 Å². The highest BCUT2D eigenvalue weighted by Crippen LogP contribution is 2.59. The molecule has 4 unspecified atom stereocenters. The number of benzene rings is 2. The van der Waals surface area contributed by atoms with Crippen molar-refractivity contribution >= 4 is 35.1 Å². The normalized spacial score (nSPS) is 26.2. The van der Waals surface area contributed by atoms with Crippen molar-refractivity contribution in [1.29, 1.82) is 0 Å². The molecule has 4 N–H and O–H groups in total. The lowest BCUT2D eigenvalue weighted by molar-refractivity contribution is -0.159. The lowest BCUT2D eigenvalue weighted by atomic mass is 9.67. The number of carbonyl (C=O) groups excluding carboxylic acids is 2. The Balaban J connectivity index is 1.61. The second-order valence-corrected chi connectivity index (χ2v) is 8.76. The third kappa shape index (κ3) is 4.34. The van der Waals surface area contributed by atoms with Gasteiger partial charge in [0.1, 0.15) is 0 Å². The Labute approximate surface area is 201 Å². The van der Waals surface area contributed by atoms with Crippen LogP contribution in [0.4, 0.5) is 11.4 Å². The molecule has 35 heavy (non-hydrogen) atoms. The van der Waals surface area contributed by atoms with Crippen LogP contribution >= 0.6 is 0 Å². The molecule has 2 fully saturated rings. The largest absolute Gasteiger partial charge is 0.481 e. The minimum Gasteiger partial charge on any atom is -0.481 e. The number of anilines is 2. The van der Waals surface area contributed by atoms with E-state index in [1.54, 1.807) is 48.5 Å². The summed E-state index contributed by atoms with van der Waals surface area (Å²) in [5.74, 6) is -4.90. The van der Waals surface area contributed by atoms with E-state index in [9.17, 15) is 29.4 Å². The average Bonchev–Trinajstić information content (AvgIpc) is 3.42. The second-order valence-electron chi connectivity index (χ2n) is 8.76. The summed E-state index contributed by atoms with van der Waals surface area (Å²) in [4.78, 5) is 50.7. The number of carbonyl (C=O) groups is 4. The van der Waals surface area contributed by atoms with Crippen LogP contribution in [0.3, 0.4) is 0 Å². The van der Waals surface area contributed by atoms with Crippen LogP contribution in [-0.2, 0) is 19.2 Å². The van der Waals surface area contributed by atoms with Gasteiger partial charge in [-0.05, 0) is 66.8 Å². The summed E-state index contributed by atoms with van der Waals surface area (Å²) in [5, 5.41) is 25.2. The van der Waals surface area contributed by atoms with Gasteiger partial charge in [0.25, 0.3) is 0 Å². The SMILES string of the molecule is C#Cc1ccc(NC(=O)C2C3CC(C2C(=O)O)C(C(=O)O)C3C(=O)Nc2ccc(C#C)cc2)cc1. The molecule has 2 bridgehead atoms. The van der Waals surface area contributed by atoms with E-state index in [0.29, 0.717) is 22.5 Å². The predicted molar refractivity (Wildman–Crippen MR) is 127 cm³/mol. The molecule has 2 aliphatic rings. The molecule has 0 aliphatic heterocycles. The molecule has 2 saturated carbocycles. The van der Waals surface area contributed by atoms with Crippen molar-refractivity contribution in [2.45, 2.75) is 6.42 Å². The van der Waals surface area contributed by atoms with Crippen LogP contribution in [0.2, 0.25) is 0 Å². The molecule has 0 spiro atoms. The Morgan fingerprint density at radius 1 is 0.657 bits per heavy atom. The summed E-state index contributed by atoms with van der Waals surface area (Å²) < 4.78 is 0. The van der Waals surface area contributed by atoms with Gasteiger partial charge in [0.2, 0.25) is 11.8 Å². The number of aliphatic carboxylic acids is 2. The zero-order valence-corrected chi connectivity index (χ0v) is 18.5. The summed E-state index contributed by atoms with van der Waals surface area (Å²) in [6.45, 7) is 0. The monoisotopic (exact) mass is 470 g/mol. The molecule has 176 valence electrons. The Kier molecular flexibility index (Phi) is 6.31. The van der Waals surface area contributed by atoms with Crippen molar-refractivity contribution in [2.24, 2.45) is 35.5 Å². The number of hydrogen-bond donors (Lipinski definition) is 4. The van der Waals surface area contributed by atoms with E-state index in [1.807, 2.05) is 0 Å². The number of terminal acetylenes is 2. The van der Waals surface area contributed by atoms with Gasteiger partial charge < -0.3 is 20.8 Å². The molecule has 2 aliphatic carbocycles. The van der Waals surface area contributed by atoms with Gasteiger partial charge in [-0.2, -0.15) is 0 Å². The van der Waals surface area contributed by atoms with E-state index < -0.39 is 59.3 Å². The maximum absolute atomic E-state index is 13.2. The molecule has 8 nitrogen and oxygen atoms in total. The number of hydrogen-bond acceptors (Lipinski definition) is 4. The van der Waals surface area contributed by atoms with Crippen LogP contribution in [0.5, 0.6) is 0 Å². The third-order valence-electron chi connectivity index (χ3n) is 6.98. The van der Waals surface area contributed by atoms with Crippen LogP contribution in [0.25, 0.3) is 0 Å². The fraction of sp³-hybridized carbons (Fsp3) is 0.259. The molecule has 2 amide bonds. The van der Waals surface area contributed by atoms with Crippen LogP contribution in [0.15, 0.2) is 48.5 Å². The highest BCUT2D eigenvalue weighted by Gasteiger charge is 2.66. The third-order valence-corrected chi connectivity index (χ3v) is 6.98. The second kappa shape index (κ2) is 9.36. The van der Waals surface area contributed by atoms with Crippen LogP contribution in [0, 0.1) is 60.2 Å². The molecule has 4 rings (SSSR count). The summed E-state index contributed by atoms with van der Waals surface area (Å²) in [7, 11) is 0. The summed E-state index contributed by atoms with van der Waals surface area (Å²) in [6.07, 6.45) is 10.8. The Bertz CT molecular complexity index is 1170. The summed E-state index contributed by atoms with van der Waals surface area (Å²) >= 11 is 0. The van der Waals surface area contributed by atoms with Crippen molar-refractivity contribution in [3.8, 4) is 24.7 Å². The number of nitrogens with one attached hydrogen (secondary N) is 2. The molecule has 0 saturated heterocycles. The molecule has 0 aromatic heterocycles. The van der Waals surface area contributed by atoms with Crippen molar-refractivity contribution in [3.05, 3.63) is 59.7 Å². The zero-order valence-electron chi connectivity index (χ0n) is 18.5.